The Bertz CT molecular complexity index is 1290. The van der Waals surface area contributed by atoms with Crippen LogP contribution in [0.3, 0.4) is 0 Å². The van der Waals surface area contributed by atoms with Crippen LogP contribution in [0.15, 0.2) is 36.7 Å². The number of aryl methyl sites for hydroxylation is 3. The first-order valence-electron chi connectivity index (χ1n) is 12.1. The van der Waals surface area contributed by atoms with Crippen LogP contribution in [0.25, 0.3) is 33.7 Å². The van der Waals surface area contributed by atoms with Gasteiger partial charge < -0.3 is 14.5 Å². The van der Waals surface area contributed by atoms with Gasteiger partial charge in [-0.15, -0.1) is 0 Å². The summed E-state index contributed by atoms with van der Waals surface area (Å²) in [5.41, 5.74) is 7.17. The van der Waals surface area contributed by atoms with E-state index in [4.69, 9.17) is 33.2 Å². The Morgan fingerprint density at radius 3 is 2.53 bits per heavy atom. The van der Waals surface area contributed by atoms with Gasteiger partial charge in [0.1, 0.15) is 5.82 Å². The summed E-state index contributed by atoms with van der Waals surface area (Å²) in [6, 6.07) is 9.85. The monoisotopic (exact) mass is 495 g/mol. The van der Waals surface area contributed by atoms with Gasteiger partial charge in [-0.2, -0.15) is 0 Å². The number of imidazole rings is 2. The van der Waals surface area contributed by atoms with E-state index >= 15 is 0 Å². The van der Waals surface area contributed by atoms with E-state index in [0.29, 0.717) is 10.0 Å². The number of nitrogens with one attached hydrogen (secondary N) is 1. The summed E-state index contributed by atoms with van der Waals surface area (Å²) in [5.74, 6) is 1.70. The Morgan fingerprint density at radius 1 is 1.06 bits per heavy atom. The van der Waals surface area contributed by atoms with Crippen LogP contribution < -0.4 is 0 Å². The second-order valence-corrected chi connectivity index (χ2v) is 10.5. The SMILES string of the molecule is Cc1[nH]c(-c2ccc3c(ncn3CCCC3CCN(C)CC3)c2C)nc1-c1cc(Cl)cc(Cl)c1. The van der Waals surface area contributed by atoms with E-state index in [1.54, 1.807) is 6.07 Å². The number of aromatic nitrogens is 4. The van der Waals surface area contributed by atoms with Gasteiger partial charge in [0.2, 0.25) is 0 Å². The summed E-state index contributed by atoms with van der Waals surface area (Å²) in [4.78, 5) is 15.6. The zero-order chi connectivity index (χ0) is 23.8. The van der Waals surface area contributed by atoms with Crippen molar-refractivity contribution in [2.45, 2.75) is 46.1 Å². The maximum atomic E-state index is 6.22. The molecule has 1 fully saturated rings. The zero-order valence-electron chi connectivity index (χ0n) is 20.0. The molecule has 5 nitrogen and oxygen atoms in total. The highest BCUT2D eigenvalue weighted by atomic mass is 35.5. The third-order valence-electron chi connectivity index (χ3n) is 7.17. The van der Waals surface area contributed by atoms with E-state index < -0.39 is 0 Å². The quantitative estimate of drug-likeness (QED) is 0.309. The van der Waals surface area contributed by atoms with E-state index in [1.165, 1.54) is 44.3 Å². The summed E-state index contributed by atoms with van der Waals surface area (Å²) in [5, 5.41) is 1.20. The highest BCUT2D eigenvalue weighted by Gasteiger charge is 2.18. The summed E-state index contributed by atoms with van der Waals surface area (Å²) in [6.45, 7) is 7.63. The summed E-state index contributed by atoms with van der Waals surface area (Å²) < 4.78 is 2.30. The van der Waals surface area contributed by atoms with Crippen LogP contribution in [-0.4, -0.2) is 44.6 Å². The van der Waals surface area contributed by atoms with Crippen LogP contribution in [0.1, 0.15) is 36.9 Å². The Labute approximate surface area is 211 Å². The molecule has 0 amide bonds. The van der Waals surface area contributed by atoms with E-state index in [-0.39, 0.29) is 0 Å². The van der Waals surface area contributed by atoms with Crippen LogP contribution >= 0.6 is 23.2 Å². The Kier molecular flexibility index (Phi) is 6.70. The zero-order valence-corrected chi connectivity index (χ0v) is 21.5. The van der Waals surface area contributed by atoms with Crippen molar-refractivity contribution in [1.29, 1.82) is 0 Å². The van der Waals surface area contributed by atoms with E-state index in [2.05, 4.69) is 40.6 Å². The maximum Gasteiger partial charge on any atom is 0.138 e. The van der Waals surface area contributed by atoms with E-state index in [0.717, 1.165) is 51.9 Å². The van der Waals surface area contributed by atoms with Gasteiger partial charge >= 0.3 is 0 Å². The highest BCUT2D eigenvalue weighted by molar-refractivity contribution is 6.35. The molecule has 4 aromatic rings. The number of H-pyrrole nitrogens is 1. The molecule has 1 N–H and O–H groups in total. The number of hydrogen-bond acceptors (Lipinski definition) is 3. The largest absolute Gasteiger partial charge is 0.342 e. The molecule has 2 aromatic heterocycles. The van der Waals surface area contributed by atoms with Gasteiger partial charge in [0.25, 0.3) is 0 Å². The minimum absolute atomic E-state index is 0.602. The van der Waals surface area contributed by atoms with Crippen LogP contribution in [0.4, 0.5) is 0 Å². The molecule has 3 heterocycles. The molecule has 34 heavy (non-hydrogen) atoms. The molecule has 2 aromatic carbocycles. The van der Waals surface area contributed by atoms with E-state index in [9.17, 15) is 0 Å². The predicted octanol–water partition coefficient (Wildman–Crippen LogP) is 7.14. The molecule has 0 aliphatic carbocycles. The van der Waals surface area contributed by atoms with Crippen molar-refractivity contribution in [2.75, 3.05) is 20.1 Å². The fourth-order valence-electron chi connectivity index (χ4n) is 5.17. The van der Waals surface area contributed by atoms with Gasteiger partial charge in [0, 0.05) is 33.4 Å². The van der Waals surface area contributed by atoms with Crippen molar-refractivity contribution >= 4 is 34.2 Å². The normalized spacial score (nSPS) is 15.4. The third-order valence-corrected chi connectivity index (χ3v) is 7.61. The molecule has 0 unspecified atom stereocenters. The lowest BCUT2D eigenvalue weighted by atomic mass is 9.92. The van der Waals surface area contributed by atoms with Crippen LogP contribution in [0.2, 0.25) is 10.0 Å². The van der Waals surface area contributed by atoms with Crippen molar-refractivity contribution < 1.29 is 0 Å². The number of nitrogens with zero attached hydrogens (tertiary/aromatic N) is 4. The number of aromatic amines is 1. The molecular formula is C27H31Cl2N5. The topological polar surface area (TPSA) is 49.7 Å². The lowest BCUT2D eigenvalue weighted by molar-refractivity contribution is 0.209. The summed E-state index contributed by atoms with van der Waals surface area (Å²) in [7, 11) is 2.22. The minimum Gasteiger partial charge on any atom is -0.342 e. The molecule has 1 aliphatic heterocycles. The fraction of sp³-hybridized carbons (Fsp3) is 0.407. The molecule has 1 saturated heterocycles. The molecule has 0 radical (unpaired) electrons. The van der Waals surface area contributed by atoms with Crippen LogP contribution in [0.5, 0.6) is 0 Å². The van der Waals surface area contributed by atoms with Gasteiger partial charge in [-0.25, -0.2) is 9.97 Å². The van der Waals surface area contributed by atoms with Crippen molar-refractivity contribution in [1.82, 2.24) is 24.4 Å². The number of piperidine rings is 1. The Hall–Kier alpha value is -2.34. The van der Waals surface area contributed by atoms with E-state index in [1.807, 2.05) is 25.4 Å². The summed E-state index contributed by atoms with van der Waals surface area (Å²) in [6.07, 6.45) is 7.14. The highest BCUT2D eigenvalue weighted by Crippen LogP contribution is 2.33. The van der Waals surface area contributed by atoms with Gasteiger partial charge in [-0.1, -0.05) is 23.2 Å². The van der Waals surface area contributed by atoms with Crippen molar-refractivity contribution in [3.05, 3.63) is 58.0 Å². The lowest BCUT2D eigenvalue weighted by Gasteiger charge is -2.28. The molecular weight excluding hydrogens is 465 g/mol. The van der Waals surface area contributed by atoms with Gasteiger partial charge in [0.05, 0.1) is 23.1 Å². The number of benzene rings is 2. The molecule has 5 rings (SSSR count). The second-order valence-electron chi connectivity index (χ2n) is 9.65. The standard InChI is InChI=1S/C27H31Cl2N5/c1-17-23(27-31-18(2)26(32-27)20-13-21(28)15-22(29)14-20)6-7-24-25(17)30-16-34(24)10-4-5-19-8-11-33(3)12-9-19/h6-7,13-16,19H,4-5,8-12H2,1-3H3,(H,31,32). The average Bonchev–Trinajstić information content (AvgIpc) is 3.39. The molecule has 0 atom stereocenters. The van der Waals surface area contributed by atoms with Crippen LogP contribution in [-0.2, 0) is 6.54 Å². The van der Waals surface area contributed by atoms with Crippen molar-refractivity contribution in [2.24, 2.45) is 5.92 Å². The van der Waals surface area contributed by atoms with Gasteiger partial charge in [0.15, 0.2) is 0 Å². The third kappa shape index (κ3) is 4.74. The molecule has 7 heteroatoms. The number of hydrogen-bond donors (Lipinski definition) is 1. The molecule has 0 spiro atoms. The minimum atomic E-state index is 0.602. The first kappa shape index (κ1) is 23.4. The predicted molar refractivity (Wildman–Crippen MR) is 142 cm³/mol. The number of rotatable bonds is 6. The molecule has 0 saturated carbocycles. The maximum absolute atomic E-state index is 6.22. The first-order valence-corrected chi connectivity index (χ1v) is 12.8. The molecule has 178 valence electrons. The number of fused-ring (bicyclic) bond motifs is 1. The van der Waals surface area contributed by atoms with Gasteiger partial charge in [-0.3, -0.25) is 0 Å². The number of halogens is 2. The van der Waals surface area contributed by atoms with Crippen molar-refractivity contribution in [3.63, 3.8) is 0 Å². The van der Waals surface area contributed by atoms with Crippen LogP contribution in [0, 0.1) is 19.8 Å². The Balaban J connectivity index is 1.36. The summed E-state index contributed by atoms with van der Waals surface area (Å²) >= 11 is 12.4. The fourth-order valence-corrected chi connectivity index (χ4v) is 5.69. The van der Waals surface area contributed by atoms with Gasteiger partial charge in [-0.05, 0) is 101 Å². The molecule has 1 aliphatic rings. The lowest BCUT2D eigenvalue weighted by Crippen LogP contribution is -2.30. The number of likely N-dealkylation sites (tertiary alicyclic amines) is 1. The Morgan fingerprint density at radius 2 is 1.79 bits per heavy atom. The first-order chi connectivity index (χ1) is 16.4. The molecule has 0 bridgehead atoms. The smallest absolute Gasteiger partial charge is 0.138 e. The average molecular weight is 496 g/mol. The second kappa shape index (κ2) is 9.73. The van der Waals surface area contributed by atoms with Crippen molar-refractivity contribution in [3.8, 4) is 22.6 Å².